The Morgan fingerprint density at radius 3 is 2.15 bits per heavy atom. The van der Waals surface area contributed by atoms with Gasteiger partial charge in [0.05, 0.1) is 5.56 Å². The summed E-state index contributed by atoms with van der Waals surface area (Å²) in [5, 5.41) is 7.12. The maximum absolute atomic E-state index is 13.9. The van der Waals surface area contributed by atoms with E-state index in [1.165, 1.54) is 26.0 Å². The van der Waals surface area contributed by atoms with Crippen LogP contribution in [0.2, 0.25) is 0 Å². The number of anilines is 2. The molecule has 0 unspecified atom stereocenters. The van der Waals surface area contributed by atoms with E-state index in [0.717, 1.165) is 22.2 Å². The zero-order chi connectivity index (χ0) is 33.3. The molecule has 2 aromatic heterocycles. The SMILES string of the molecule is CC(=O)N(C)Cc1ccc(-c2nc3n(CC(=O)Nc4ccc(C(F)(F)F)cc4)c(C)c(N4CCN(C(C)=O)CC4)c(=O)n3n2)cc1. The third-order valence-electron chi connectivity index (χ3n) is 7.98. The standard InChI is InChI=1S/C31H33F3N8O4/c1-19-27(40-15-13-39(14-16-40)21(3)44)29(46)42-30(36-28(37-42)23-7-5-22(6-8-23)17-38(4)20(2)43)41(19)18-26(45)35-25-11-9-24(10-12-25)31(32,33)34/h5-12H,13-18H2,1-4H3,(H,35,45). The number of aromatic nitrogens is 4. The molecule has 4 aromatic rings. The Kier molecular flexibility index (Phi) is 8.85. The molecule has 0 atom stereocenters. The molecule has 5 rings (SSSR count). The van der Waals surface area contributed by atoms with E-state index in [4.69, 9.17) is 0 Å². The Bertz CT molecular complexity index is 1840. The fraction of sp³-hybridized carbons (Fsp3) is 0.355. The van der Waals surface area contributed by atoms with Gasteiger partial charge >= 0.3 is 6.18 Å². The number of amides is 3. The van der Waals surface area contributed by atoms with Gasteiger partial charge in [0.1, 0.15) is 12.2 Å². The number of fused-ring (bicyclic) bond motifs is 1. The van der Waals surface area contributed by atoms with Crippen molar-refractivity contribution in [1.82, 2.24) is 29.0 Å². The smallest absolute Gasteiger partial charge is 0.362 e. The second-order valence-electron chi connectivity index (χ2n) is 11.2. The Morgan fingerprint density at radius 2 is 1.59 bits per heavy atom. The number of carbonyl (C=O) groups is 3. The Labute approximate surface area is 262 Å². The molecule has 242 valence electrons. The van der Waals surface area contributed by atoms with Gasteiger partial charge in [0.15, 0.2) is 5.82 Å². The molecule has 0 bridgehead atoms. The summed E-state index contributed by atoms with van der Waals surface area (Å²) in [6.45, 7) is 6.34. The molecule has 1 saturated heterocycles. The summed E-state index contributed by atoms with van der Waals surface area (Å²) in [6.07, 6.45) is -4.51. The summed E-state index contributed by atoms with van der Waals surface area (Å²) in [5.41, 5.74) is 1.12. The minimum absolute atomic E-state index is 0.0657. The molecule has 0 spiro atoms. The second kappa shape index (κ2) is 12.7. The van der Waals surface area contributed by atoms with Crippen LogP contribution in [-0.4, -0.2) is 79.9 Å². The van der Waals surface area contributed by atoms with Crippen molar-refractivity contribution in [1.29, 1.82) is 0 Å². The summed E-state index contributed by atoms with van der Waals surface area (Å²) in [7, 11) is 1.70. The number of carbonyl (C=O) groups excluding carboxylic acids is 3. The van der Waals surface area contributed by atoms with Crippen molar-refractivity contribution >= 4 is 34.9 Å². The fourth-order valence-corrected chi connectivity index (χ4v) is 5.30. The summed E-state index contributed by atoms with van der Waals surface area (Å²) >= 11 is 0. The lowest BCUT2D eigenvalue weighted by atomic mass is 10.1. The number of hydrogen-bond acceptors (Lipinski definition) is 7. The van der Waals surface area contributed by atoms with Crippen LogP contribution in [0.25, 0.3) is 17.2 Å². The van der Waals surface area contributed by atoms with Crippen LogP contribution >= 0.6 is 0 Å². The predicted molar refractivity (Wildman–Crippen MR) is 164 cm³/mol. The summed E-state index contributed by atoms with van der Waals surface area (Å²) in [6, 6.07) is 11.3. The number of benzene rings is 2. The van der Waals surface area contributed by atoms with Crippen molar-refractivity contribution in [3.8, 4) is 11.4 Å². The Hall–Kier alpha value is -5.21. The van der Waals surface area contributed by atoms with Gasteiger partial charge < -0.3 is 24.6 Å². The maximum atomic E-state index is 13.9. The van der Waals surface area contributed by atoms with Gasteiger partial charge in [0.25, 0.3) is 5.56 Å². The highest BCUT2D eigenvalue weighted by Crippen LogP contribution is 2.30. The van der Waals surface area contributed by atoms with Crippen LogP contribution in [0.5, 0.6) is 0 Å². The molecule has 1 N–H and O–H groups in total. The van der Waals surface area contributed by atoms with Gasteiger partial charge in [-0.3, -0.25) is 19.2 Å². The first kappa shape index (κ1) is 32.2. The van der Waals surface area contributed by atoms with Crippen LogP contribution < -0.4 is 15.8 Å². The molecule has 46 heavy (non-hydrogen) atoms. The Balaban J connectivity index is 1.51. The quantitative estimate of drug-likeness (QED) is 0.330. The Morgan fingerprint density at radius 1 is 0.957 bits per heavy atom. The van der Waals surface area contributed by atoms with Crippen molar-refractivity contribution in [3.63, 3.8) is 0 Å². The number of rotatable bonds is 7. The highest BCUT2D eigenvalue weighted by Gasteiger charge is 2.30. The van der Waals surface area contributed by atoms with E-state index in [9.17, 15) is 32.3 Å². The lowest BCUT2D eigenvalue weighted by molar-refractivity contribution is -0.137. The summed E-state index contributed by atoms with van der Waals surface area (Å²) < 4.78 is 41.7. The predicted octanol–water partition coefficient (Wildman–Crippen LogP) is 3.17. The van der Waals surface area contributed by atoms with Gasteiger partial charge in [0.2, 0.25) is 23.5 Å². The van der Waals surface area contributed by atoms with Gasteiger partial charge in [-0.1, -0.05) is 24.3 Å². The largest absolute Gasteiger partial charge is 0.416 e. The van der Waals surface area contributed by atoms with Gasteiger partial charge in [-0.15, -0.1) is 5.10 Å². The summed E-state index contributed by atoms with van der Waals surface area (Å²) in [5.74, 6) is -0.354. The van der Waals surface area contributed by atoms with Crippen LogP contribution in [0.15, 0.2) is 53.3 Å². The van der Waals surface area contributed by atoms with Crippen molar-refractivity contribution in [2.24, 2.45) is 0 Å². The van der Waals surface area contributed by atoms with E-state index >= 15 is 0 Å². The molecular weight excluding hydrogens is 605 g/mol. The van der Waals surface area contributed by atoms with Crippen molar-refractivity contribution < 1.29 is 27.6 Å². The molecule has 3 amide bonds. The number of alkyl halides is 3. The van der Waals surface area contributed by atoms with Crippen LogP contribution in [-0.2, 0) is 33.6 Å². The summed E-state index contributed by atoms with van der Waals surface area (Å²) in [4.78, 5) is 60.3. The molecule has 3 heterocycles. The highest BCUT2D eigenvalue weighted by molar-refractivity contribution is 5.91. The monoisotopic (exact) mass is 638 g/mol. The minimum atomic E-state index is -4.51. The zero-order valence-electron chi connectivity index (χ0n) is 25.8. The molecule has 0 radical (unpaired) electrons. The number of piperazine rings is 1. The fourth-order valence-electron chi connectivity index (χ4n) is 5.30. The molecule has 0 aliphatic carbocycles. The molecule has 0 saturated carbocycles. The van der Waals surface area contributed by atoms with E-state index in [1.807, 2.05) is 17.0 Å². The lowest BCUT2D eigenvalue weighted by Crippen LogP contribution is -2.50. The van der Waals surface area contributed by atoms with Crippen LogP contribution in [0.4, 0.5) is 24.5 Å². The van der Waals surface area contributed by atoms with E-state index in [2.05, 4.69) is 15.4 Å². The zero-order valence-corrected chi connectivity index (χ0v) is 25.8. The molecule has 12 nitrogen and oxygen atoms in total. The van der Waals surface area contributed by atoms with E-state index in [1.54, 1.807) is 40.5 Å². The first-order valence-corrected chi connectivity index (χ1v) is 14.5. The molecular formula is C31H33F3N8O4. The third kappa shape index (κ3) is 6.72. The lowest BCUT2D eigenvalue weighted by Gasteiger charge is -2.36. The van der Waals surface area contributed by atoms with Gasteiger partial charge in [-0.25, -0.2) is 0 Å². The maximum Gasteiger partial charge on any atom is 0.416 e. The molecule has 15 heteroatoms. The topological polar surface area (TPSA) is 125 Å². The first-order chi connectivity index (χ1) is 21.7. The second-order valence-corrected chi connectivity index (χ2v) is 11.2. The first-order valence-electron chi connectivity index (χ1n) is 14.5. The molecule has 1 fully saturated rings. The van der Waals surface area contributed by atoms with Crippen LogP contribution in [0.3, 0.4) is 0 Å². The highest BCUT2D eigenvalue weighted by atomic mass is 19.4. The van der Waals surface area contributed by atoms with Crippen molar-refractivity contribution in [3.05, 3.63) is 75.7 Å². The van der Waals surface area contributed by atoms with Gasteiger partial charge in [0, 0.05) is 70.6 Å². The van der Waals surface area contributed by atoms with Crippen LogP contribution in [0.1, 0.15) is 30.7 Å². The van der Waals surface area contributed by atoms with E-state index in [-0.39, 0.29) is 35.6 Å². The minimum Gasteiger partial charge on any atom is -0.362 e. The molecule has 1 aliphatic heterocycles. The molecule has 2 aromatic carbocycles. The van der Waals surface area contributed by atoms with E-state index in [0.29, 0.717) is 49.7 Å². The molecule has 1 aliphatic rings. The number of nitrogens with zero attached hydrogens (tertiary/aromatic N) is 7. The third-order valence-corrected chi connectivity index (χ3v) is 7.98. The van der Waals surface area contributed by atoms with E-state index < -0.39 is 23.2 Å². The number of hydrogen-bond donors (Lipinski definition) is 1. The average molecular weight is 639 g/mol. The normalized spacial score (nSPS) is 13.6. The van der Waals surface area contributed by atoms with Gasteiger partial charge in [-0.2, -0.15) is 22.7 Å². The number of nitrogens with one attached hydrogen (secondary N) is 1. The van der Waals surface area contributed by atoms with Gasteiger partial charge in [-0.05, 0) is 36.8 Å². The number of halogens is 3. The van der Waals surface area contributed by atoms with Crippen LogP contribution in [0, 0.1) is 6.92 Å². The van der Waals surface area contributed by atoms with Crippen molar-refractivity contribution in [2.75, 3.05) is 43.4 Å². The average Bonchev–Trinajstić information content (AvgIpc) is 3.45. The van der Waals surface area contributed by atoms with Crippen molar-refractivity contribution in [2.45, 2.75) is 40.0 Å².